The Morgan fingerprint density at radius 3 is 2.56 bits per heavy atom. The van der Waals surface area contributed by atoms with Crippen LogP contribution in [0, 0.1) is 0 Å². The molecule has 36 heavy (non-hydrogen) atoms. The highest BCUT2D eigenvalue weighted by Gasteiger charge is 2.28. The highest BCUT2D eigenvalue weighted by Crippen LogP contribution is 2.36. The number of rotatable bonds is 5. The van der Waals surface area contributed by atoms with E-state index in [0.29, 0.717) is 21.2 Å². The van der Waals surface area contributed by atoms with Gasteiger partial charge in [-0.15, -0.1) is 11.3 Å². The van der Waals surface area contributed by atoms with E-state index in [4.69, 9.17) is 16.3 Å². The number of ketones is 1. The number of carbonyl (C=O) groups is 2. The van der Waals surface area contributed by atoms with Crippen LogP contribution < -0.4 is 15.4 Å². The molecule has 0 fully saturated rings. The van der Waals surface area contributed by atoms with Crippen LogP contribution in [-0.4, -0.2) is 24.3 Å². The van der Waals surface area contributed by atoms with Crippen LogP contribution in [0.3, 0.4) is 0 Å². The molecule has 1 aromatic heterocycles. The van der Waals surface area contributed by atoms with Gasteiger partial charge in [-0.05, 0) is 68.3 Å². The van der Waals surface area contributed by atoms with Crippen LogP contribution in [0.2, 0.25) is 5.02 Å². The SMILES string of the molecule is COc1ccc2c(c1)/C(=C/C(=O)c1ccc(NC(=O)c3sc4ccccc4c3Cl)cc1)NC(C)(C)C2. The second kappa shape index (κ2) is 9.45. The summed E-state index contributed by atoms with van der Waals surface area (Å²) >= 11 is 7.79. The van der Waals surface area contributed by atoms with Gasteiger partial charge in [-0.1, -0.05) is 35.9 Å². The normalized spacial score (nSPS) is 15.3. The summed E-state index contributed by atoms with van der Waals surface area (Å²) in [6, 6.07) is 20.5. The third-order valence-electron chi connectivity index (χ3n) is 6.16. The van der Waals surface area contributed by atoms with E-state index in [-0.39, 0.29) is 17.2 Å². The number of anilines is 1. The first-order valence-electron chi connectivity index (χ1n) is 11.5. The molecular weight excluding hydrogens is 492 g/mol. The molecule has 1 aliphatic heterocycles. The van der Waals surface area contributed by atoms with Gasteiger partial charge in [0.15, 0.2) is 5.78 Å². The number of methoxy groups -OCH3 is 1. The largest absolute Gasteiger partial charge is 0.497 e. The molecule has 7 heteroatoms. The number of carbonyl (C=O) groups excluding carboxylic acids is 2. The number of benzene rings is 3. The average molecular weight is 517 g/mol. The summed E-state index contributed by atoms with van der Waals surface area (Å²) in [6.07, 6.45) is 2.47. The number of fused-ring (bicyclic) bond motifs is 2. The third-order valence-corrected chi connectivity index (χ3v) is 7.83. The van der Waals surface area contributed by atoms with Gasteiger partial charge in [-0.25, -0.2) is 0 Å². The van der Waals surface area contributed by atoms with Crippen molar-refractivity contribution in [1.29, 1.82) is 0 Å². The Hall–Kier alpha value is -3.61. The van der Waals surface area contributed by atoms with E-state index in [1.165, 1.54) is 11.3 Å². The smallest absolute Gasteiger partial charge is 0.267 e. The van der Waals surface area contributed by atoms with Crippen molar-refractivity contribution in [3.8, 4) is 5.75 Å². The van der Waals surface area contributed by atoms with E-state index >= 15 is 0 Å². The zero-order chi connectivity index (χ0) is 25.4. The Morgan fingerprint density at radius 1 is 1.08 bits per heavy atom. The first-order valence-corrected chi connectivity index (χ1v) is 12.7. The van der Waals surface area contributed by atoms with Crippen LogP contribution >= 0.6 is 22.9 Å². The van der Waals surface area contributed by atoms with Crippen LogP contribution in [0.1, 0.15) is 45.0 Å². The molecule has 4 aromatic rings. The first-order chi connectivity index (χ1) is 17.2. The molecule has 0 saturated carbocycles. The summed E-state index contributed by atoms with van der Waals surface area (Å²) in [6.45, 7) is 4.22. The molecule has 3 aromatic carbocycles. The lowest BCUT2D eigenvalue weighted by atomic mass is 9.85. The Bertz CT molecular complexity index is 1520. The summed E-state index contributed by atoms with van der Waals surface area (Å²) in [5.41, 5.74) is 3.82. The maximum Gasteiger partial charge on any atom is 0.267 e. The van der Waals surface area contributed by atoms with Crippen LogP contribution in [0.5, 0.6) is 5.75 Å². The molecule has 1 amide bonds. The molecule has 0 unspecified atom stereocenters. The number of ether oxygens (including phenoxy) is 1. The van der Waals surface area contributed by atoms with Crippen molar-refractivity contribution in [2.45, 2.75) is 25.8 Å². The number of nitrogens with one attached hydrogen (secondary N) is 2. The monoisotopic (exact) mass is 516 g/mol. The minimum atomic E-state index is -0.276. The highest BCUT2D eigenvalue weighted by molar-refractivity contribution is 7.21. The third kappa shape index (κ3) is 4.74. The van der Waals surface area contributed by atoms with E-state index in [9.17, 15) is 9.59 Å². The number of allylic oxidation sites excluding steroid dienone is 1. The lowest BCUT2D eigenvalue weighted by Crippen LogP contribution is -2.43. The molecule has 2 heterocycles. The topological polar surface area (TPSA) is 67.4 Å². The van der Waals surface area contributed by atoms with Gasteiger partial charge < -0.3 is 15.4 Å². The van der Waals surface area contributed by atoms with E-state index in [1.54, 1.807) is 37.5 Å². The van der Waals surface area contributed by atoms with Crippen molar-refractivity contribution in [3.63, 3.8) is 0 Å². The molecule has 5 nitrogen and oxygen atoms in total. The summed E-state index contributed by atoms with van der Waals surface area (Å²) in [5, 5.41) is 7.68. The van der Waals surface area contributed by atoms with E-state index in [0.717, 1.165) is 39.1 Å². The van der Waals surface area contributed by atoms with Gasteiger partial charge in [-0.2, -0.15) is 0 Å². The molecule has 0 bridgehead atoms. The molecule has 5 rings (SSSR count). The van der Waals surface area contributed by atoms with Crippen molar-refractivity contribution in [1.82, 2.24) is 5.32 Å². The fourth-order valence-corrected chi connectivity index (χ4v) is 5.85. The molecule has 0 aliphatic carbocycles. The number of halogens is 1. The standard InChI is InChI=1S/C29H25ClN2O3S/c1-29(2)16-18-10-13-20(35-3)14-22(18)23(32-29)15-24(33)17-8-11-19(12-9-17)31-28(34)27-26(30)21-6-4-5-7-25(21)36-27/h4-15,32H,16H2,1-3H3,(H,31,34)/b23-15-. The molecular formula is C29H25ClN2O3S. The summed E-state index contributed by atoms with van der Waals surface area (Å²) in [4.78, 5) is 26.4. The zero-order valence-corrected chi connectivity index (χ0v) is 21.7. The van der Waals surface area contributed by atoms with Crippen molar-refractivity contribution in [3.05, 3.63) is 99.4 Å². The van der Waals surface area contributed by atoms with Crippen LogP contribution in [0.25, 0.3) is 15.8 Å². The van der Waals surface area contributed by atoms with Crippen molar-refractivity contribution in [2.75, 3.05) is 12.4 Å². The maximum absolute atomic E-state index is 13.1. The van der Waals surface area contributed by atoms with Crippen LogP contribution in [0.15, 0.2) is 72.8 Å². The van der Waals surface area contributed by atoms with E-state index in [2.05, 4.69) is 30.5 Å². The predicted octanol–water partition coefficient (Wildman–Crippen LogP) is 6.96. The molecule has 182 valence electrons. The zero-order valence-electron chi connectivity index (χ0n) is 20.1. The Kier molecular flexibility index (Phi) is 6.33. The fourth-order valence-electron chi connectivity index (χ4n) is 4.43. The second-order valence-electron chi connectivity index (χ2n) is 9.40. The van der Waals surface area contributed by atoms with Gasteiger partial charge in [0.25, 0.3) is 5.91 Å². The average Bonchev–Trinajstić information content (AvgIpc) is 3.20. The van der Waals surface area contributed by atoms with Crippen molar-refractivity contribution >= 4 is 56.1 Å². The van der Waals surface area contributed by atoms with Gasteiger partial charge >= 0.3 is 0 Å². The predicted molar refractivity (Wildman–Crippen MR) is 147 cm³/mol. The number of thiophene rings is 1. The Balaban J connectivity index is 1.36. The fraction of sp³-hybridized carbons (Fsp3) is 0.172. The van der Waals surface area contributed by atoms with E-state index < -0.39 is 0 Å². The minimum Gasteiger partial charge on any atom is -0.497 e. The van der Waals surface area contributed by atoms with Gasteiger partial charge in [0.05, 0.1) is 12.1 Å². The van der Waals surface area contributed by atoms with Gasteiger partial charge in [-0.3, -0.25) is 9.59 Å². The van der Waals surface area contributed by atoms with Crippen molar-refractivity contribution < 1.29 is 14.3 Å². The van der Waals surface area contributed by atoms with Crippen molar-refractivity contribution in [2.24, 2.45) is 0 Å². The van der Waals surface area contributed by atoms with Crippen LogP contribution in [0.4, 0.5) is 5.69 Å². The number of hydrogen-bond acceptors (Lipinski definition) is 5. The quantitative estimate of drug-likeness (QED) is 0.222. The molecule has 0 atom stereocenters. The summed E-state index contributed by atoms with van der Waals surface area (Å²) < 4.78 is 6.35. The Labute approximate surface area is 218 Å². The molecule has 0 radical (unpaired) electrons. The number of amides is 1. The van der Waals surface area contributed by atoms with Gasteiger partial charge in [0.1, 0.15) is 10.6 Å². The number of hydrogen-bond donors (Lipinski definition) is 2. The van der Waals surface area contributed by atoms with Gasteiger partial charge in [0.2, 0.25) is 0 Å². The first kappa shape index (κ1) is 24.1. The molecule has 0 saturated heterocycles. The van der Waals surface area contributed by atoms with Gasteiger partial charge in [0, 0.05) is 44.2 Å². The summed E-state index contributed by atoms with van der Waals surface area (Å²) in [5.74, 6) is 0.337. The van der Waals surface area contributed by atoms with Crippen LogP contribution in [-0.2, 0) is 6.42 Å². The Morgan fingerprint density at radius 2 is 1.83 bits per heavy atom. The maximum atomic E-state index is 13.1. The van der Waals surface area contributed by atoms with E-state index in [1.807, 2.05) is 36.4 Å². The molecule has 2 N–H and O–H groups in total. The lowest BCUT2D eigenvalue weighted by molar-refractivity contribution is 0.102. The molecule has 1 aliphatic rings. The second-order valence-corrected chi connectivity index (χ2v) is 10.8. The molecule has 0 spiro atoms. The minimum absolute atomic E-state index is 0.130. The highest BCUT2D eigenvalue weighted by atomic mass is 35.5. The summed E-state index contributed by atoms with van der Waals surface area (Å²) in [7, 11) is 1.63. The lowest BCUT2D eigenvalue weighted by Gasteiger charge is -2.35.